The average Bonchev–Trinajstić information content (AvgIpc) is 2.83. The topological polar surface area (TPSA) is 45.5 Å². The minimum absolute atomic E-state index is 0.305. The molecule has 1 fully saturated rings. The number of hydrogen-bond donors (Lipinski definition) is 1. The fourth-order valence-corrected chi connectivity index (χ4v) is 2.67. The van der Waals surface area contributed by atoms with Gasteiger partial charge in [0.25, 0.3) is 0 Å². The van der Waals surface area contributed by atoms with Crippen LogP contribution in [0, 0.1) is 11.7 Å². The molecule has 20 heavy (non-hydrogen) atoms. The third kappa shape index (κ3) is 3.07. The van der Waals surface area contributed by atoms with Crippen molar-refractivity contribution in [2.24, 2.45) is 5.92 Å². The summed E-state index contributed by atoms with van der Waals surface area (Å²) in [5, 5.41) is 7.45. The Labute approximate surface area is 117 Å². The highest BCUT2D eigenvalue weighted by Gasteiger charge is 2.16. The number of halogens is 1. The number of fused-ring (bicyclic) bond motifs is 1. The Morgan fingerprint density at radius 3 is 2.95 bits per heavy atom. The molecular weight excluding hydrogens is 257 g/mol. The van der Waals surface area contributed by atoms with Gasteiger partial charge in [-0.25, -0.2) is 8.91 Å². The third-order valence-corrected chi connectivity index (χ3v) is 3.97. The Balaban J connectivity index is 1.52. The average molecular weight is 277 g/mol. The molecular formula is C14H20FN5. The van der Waals surface area contributed by atoms with Crippen molar-refractivity contribution in [3.63, 3.8) is 0 Å². The SMILES string of the molecule is CN1CCC(CCNc2nc3ccc(F)cn3n2)CC1. The second kappa shape index (κ2) is 5.75. The van der Waals surface area contributed by atoms with Gasteiger partial charge < -0.3 is 10.2 Å². The molecule has 0 atom stereocenters. The van der Waals surface area contributed by atoms with Crippen molar-refractivity contribution in [2.75, 3.05) is 32.0 Å². The molecule has 2 aromatic heterocycles. The van der Waals surface area contributed by atoms with E-state index in [-0.39, 0.29) is 5.82 Å². The molecule has 1 aliphatic heterocycles. The molecule has 0 bridgehead atoms. The van der Waals surface area contributed by atoms with Crippen molar-refractivity contribution < 1.29 is 4.39 Å². The number of likely N-dealkylation sites (tertiary alicyclic amines) is 1. The summed E-state index contributed by atoms with van der Waals surface area (Å²) in [6, 6.07) is 3.02. The summed E-state index contributed by atoms with van der Waals surface area (Å²) in [7, 11) is 2.17. The summed E-state index contributed by atoms with van der Waals surface area (Å²) < 4.78 is 14.5. The predicted octanol–water partition coefficient (Wildman–Crippen LogP) is 2.01. The molecule has 3 heterocycles. The molecule has 6 heteroatoms. The first-order valence-corrected chi connectivity index (χ1v) is 7.15. The van der Waals surface area contributed by atoms with Gasteiger partial charge in [0.1, 0.15) is 5.82 Å². The number of piperidine rings is 1. The van der Waals surface area contributed by atoms with E-state index in [0.717, 1.165) is 18.9 Å². The summed E-state index contributed by atoms with van der Waals surface area (Å²) in [6.45, 7) is 3.25. The maximum atomic E-state index is 13.1. The Morgan fingerprint density at radius 1 is 1.35 bits per heavy atom. The van der Waals surface area contributed by atoms with Gasteiger partial charge in [-0.3, -0.25) is 0 Å². The quantitative estimate of drug-likeness (QED) is 0.928. The van der Waals surface area contributed by atoms with Crippen LogP contribution in [0.4, 0.5) is 10.3 Å². The standard InChI is InChI=1S/C14H20FN5/c1-19-8-5-11(6-9-19)4-7-16-14-17-13-3-2-12(15)10-20(13)18-14/h2-3,10-11H,4-9H2,1H3,(H,16,18). The maximum absolute atomic E-state index is 13.1. The molecule has 0 spiro atoms. The highest BCUT2D eigenvalue weighted by Crippen LogP contribution is 2.19. The normalized spacial score (nSPS) is 17.7. The monoisotopic (exact) mass is 277 g/mol. The molecule has 1 saturated heterocycles. The lowest BCUT2D eigenvalue weighted by Crippen LogP contribution is -2.30. The Bertz CT molecular complexity index is 574. The van der Waals surface area contributed by atoms with E-state index in [0.29, 0.717) is 11.6 Å². The van der Waals surface area contributed by atoms with Crippen LogP contribution < -0.4 is 5.32 Å². The molecule has 0 saturated carbocycles. The Kier molecular flexibility index (Phi) is 3.82. The van der Waals surface area contributed by atoms with Gasteiger partial charge in [-0.05, 0) is 57.5 Å². The van der Waals surface area contributed by atoms with Crippen LogP contribution >= 0.6 is 0 Å². The third-order valence-electron chi connectivity index (χ3n) is 3.97. The van der Waals surface area contributed by atoms with Gasteiger partial charge >= 0.3 is 0 Å². The van der Waals surface area contributed by atoms with E-state index in [2.05, 4.69) is 27.3 Å². The Hall–Kier alpha value is -1.69. The second-order valence-corrected chi connectivity index (χ2v) is 5.55. The van der Waals surface area contributed by atoms with Crippen molar-refractivity contribution in [3.05, 3.63) is 24.1 Å². The van der Waals surface area contributed by atoms with E-state index in [4.69, 9.17) is 0 Å². The van der Waals surface area contributed by atoms with E-state index in [1.54, 1.807) is 6.07 Å². The highest BCUT2D eigenvalue weighted by molar-refractivity contribution is 5.42. The molecule has 0 radical (unpaired) electrons. The van der Waals surface area contributed by atoms with E-state index >= 15 is 0 Å². The minimum Gasteiger partial charge on any atom is -0.353 e. The number of aromatic nitrogens is 3. The number of hydrogen-bond acceptors (Lipinski definition) is 4. The first kappa shape index (κ1) is 13.3. The van der Waals surface area contributed by atoms with Crippen LogP contribution in [0.25, 0.3) is 5.65 Å². The fraction of sp³-hybridized carbons (Fsp3) is 0.571. The van der Waals surface area contributed by atoms with Crippen molar-refractivity contribution in [3.8, 4) is 0 Å². The molecule has 1 aliphatic rings. The van der Waals surface area contributed by atoms with Gasteiger partial charge in [0.05, 0.1) is 6.20 Å². The summed E-state index contributed by atoms with van der Waals surface area (Å²) in [4.78, 5) is 6.69. The lowest BCUT2D eigenvalue weighted by Gasteiger charge is -2.28. The summed E-state index contributed by atoms with van der Waals surface area (Å²) >= 11 is 0. The van der Waals surface area contributed by atoms with E-state index in [9.17, 15) is 4.39 Å². The molecule has 2 aromatic rings. The smallest absolute Gasteiger partial charge is 0.243 e. The number of anilines is 1. The van der Waals surface area contributed by atoms with E-state index in [1.165, 1.54) is 42.7 Å². The fourth-order valence-electron chi connectivity index (χ4n) is 2.67. The van der Waals surface area contributed by atoms with Gasteiger partial charge in [0.2, 0.25) is 5.95 Å². The first-order valence-electron chi connectivity index (χ1n) is 7.15. The van der Waals surface area contributed by atoms with Gasteiger partial charge in [0, 0.05) is 6.54 Å². The summed E-state index contributed by atoms with van der Waals surface area (Å²) in [6.07, 6.45) is 5.01. The zero-order valence-electron chi connectivity index (χ0n) is 11.7. The lowest BCUT2D eigenvalue weighted by atomic mass is 9.94. The van der Waals surface area contributed by atoms with E-state index in [1.807, 2.05) is 0 Å². The molecule has 1 N–H and O–H groups in total. The summed E-state index contributed by atoms with van der Waals surface area (Å²) in [5.41, 5.74) is 0.660. The molecule has 0 amide bonds. The van der Waals surface area contributed by atoms with Crippen LogP contribution in [0.15, 0.2) is 18.3 Å². The van der Waals surface area contributed by atoms with Gasteiger partial charge in [-0.1, -0.05) is 0 Å². The van der Waals surface area contributed by atoms with Crippen molar-refractivity contribution in [1.82, 2.24) is 19.5 Å². The maximum Gasteiger partial charge on any atom is 0.243 e. The molecule has 3 rings (SSSR count). The number of nitrogens with zero attached hydrogens (tertiary/aromatic N) is 4. The zero-order chi connectivity index (χ0) is 13.9. The number of pyridine rings is 1. The molecule has 0 aliphatic carbocycles. The molecule has 0 unspecified atom stereocenters. The molecule has 108 valence electrons. The van der Waals surface area contributed by atoms with Crippen LogP contribution in [-0.2, 0) is 0 Å². The zero-order valence-corrected chi connectivity index (χ0v) is 11.7. The first-order chi connectivity index (χ1) is 9.70. The number of rotatable bonds is 4. The van der Waals surface area contributed by atoms with Crippen molar-refractivity contribution >= 4 is 11.6 Å². The minimum atomic E-state index is -0.305. The predicted molar refractivity (Wildman–Crippen MR) is 76.3 cm³/mol. The van der Waals surface area contributed by atoms with E-state index < -0.39 is 0 Å². The molecule has 5 nitrogen and oxygen atoms in total. The lowest BCUT2D eigenvalue weighted by molar-refractivity contribution is 0.215. The van der Waals surface area contributed by atoms with Crippen LogP contribution in [0.2, 0.25) is 0 Å². The van der Waals surface area contributed by atoms with Crippen molar-refractivity contribution in [2.45, 2.75) is 19.3 Å². The highest BCUT2D eigenvalue weighted by atomic mass is 19.1. The largest absolute Gasteiger partial charge is 0.353 e. The van der Waals surface area contributed by atoms with Crippen LogP contribution in [-0.4, -0.2) is 46.2 Å². The van der Waals surface area contributed by atoms with Crippen LogP contribution in [0.5, 0.6) is 0 Å². The summed E-state index contributed by atoms with van der Waals surface area (Å²) in [5.74, 6) is 1.05. The van der Waals surface area contributed by atoms with Crippen LogP contribution in [0.3, 0.4) is 0 Å². The van der Waals surface area contributed by atoms with Crippen molar-refractivity contribution in [1.29, 1.82) is 0 Å². The van der Waals surface area contributed by atoms with Gasteiger partial charge in [-0.15, -0.1) is 5.10 Å². The number of nitrogens with one attached hydrogen (secondary N) is 1. The van der Waals surface area contributed by atoms with Crippen LogP contribution in [0.1, 0.15) is 19.3 Å². The molecule has 0 aromatic carbocycles. The second-order valence-electron chi connectivity index (χ2n) is 5.55. The van der Waals surface area contributed by atoms with Gasteiger partial charge in [-0.2, -0.15) is 4.98 Å². The van der Waals surface area contributed by atoms with Gasteiger partial charge in [0.15, 0.2) is 5.65 Å². The Morgan fingerprint density at radius 2 is 2.15 bits per heavy atom.